The van der Waals surface area contributed by atoms with Crippen LogP contribution >= 0.6 is 11.3 Å². The molecule has 0 unspecified atom stereocenters. The van der Waals surface area contributed by atoms with Crippen molar-refractivity contribution >= 4 is 96.8 Å². The van der Waals surface area contributed by atoms with E-state index in [4.69, 9.17) is 4.98 Å². The third kappa shape index (κ3) is 4.78. The molecule has 9 aromatic carbocycles. The quantitative estimate of drug-likeness (QED) is 0.164. The number of hydrogen-bond acceptors (Lipinski definition) is 2. The van der Waals surface area contributed by atoms with Crippen molar-refractivity contribution in [1.82, 2.24) is 14.1 Å². The number of rotatable bonds is 4. The minimum Gasteiger partial charge on any atom is -0.309 e. The molecule has 0 saturated carbocycles. The highest BCUT2D eigenvalue weighted by Gasteiger charge is 2.20. The summed E-state index contributed by atoms with van der Waals surface area (Å²) in [6.07, 6.45) is 0. The van der Waals surface area contributed by atoms with Gasteiger partial charge in [-0.3, -0.25) is 0 Å². The van der Waals surface area contributed by atoms with Gasteiger partial charge in [0.05, 0.1) is 33.3 Å². The summed E-state index contributed by atoms with van der Waals surface area (Å²) in [5.74, 6) is 0. The van der Waals surface area contributed by atoms with Gasteiger partial charge in [0.15, 0.2) is 0 Å². The molecule has 0 atom stereocenters. The summed E-state index contributed by atoms with van der Waals surface area (Å²) >= 11 is 1.87. The molecular weight excluding hydrogens is 735 g/mol. The summed E-state index contributed by atoms with van der Waals surface area (Å²) in [6, 6.07) is 73.2. The number of aromatic nitrogens is 3. The molecule has 0 amide bonds. The van der Waals surface area contributed by atoms with Crippen molar-refractivity contribution in [3.63, 3.8) is 0 Å². The van der Waals surface area contributed by atoms with Gasteiger partial charge in [0.2, 0.25) is 0 Å². The largest absolute Gasteiger partial charge is 0.309 e. The maximum atomic E-state index is 5.26. The standard InChI is InChI=1S/C55H33N3S/c1-2-14-34(15-3-1)55-44-27-29-52-54(53(44)43-20-4-9-21-46(43)56-55)45-32-35(26-28-51(45)59-52)36-30-37(57-47-22-10-5-16-39(47)40-17-6-11-23-48(40)57)33-38(31-36)58-49-24-12-7-18-41(49)42-19-8-13-25-50(42)58/h1-33H. The van der Waals surface area contributed by atoms with E-state index < -0.39 is 0 Å². The van der Waals surface area contributed by atoms with Crippen LogP contribution in [0.1, 0.15) is 0 Å². The van der Waals surface area contributed by atoms with Crippen molar-refractivity contribution in [3.05, 3.63) is 200 Å². The minimum atomic E-state index is 1.01. The van der Waals surface area contributed by atoms with E-state index in [1.54, 1.807) is 0 Å². The van der Waals surface area contributed by atoms with Gasteiger partial charge in [-0.25, -0.2) is 4.98 Å². The number of thiophene rings is 1. The molecule has 0 N–H and O–H groups in total. The van der Waals surface area contributed by atoms with Crippen molar-refractivity contribution in [2.45, 2.75) is 0 Å². The Labute approximate surface area is 343 Å². The van der Waals surface area contributed by atoms with Crippen LogP contribution in [-0.4, -0.2) is 14.1 Å². The molecular formula is C55H33N3S. The van der Waals surface area contributed by atoms with E-state index in [-0.39, 0.29) is 0 Å². The number of benzene rings is 9. The average molecular weight is 768 g/mol. The van der Waals surface area contributed by atoms with Gasteiger partial charge in [0.25, 0.3) is 0 Å². The lowest BCUT2D eigenvalue weighted by molar-refractivity contribution is 1.13. The molecule has 13 rings (SSSR count). The fourth-order valence-corrected chi connectivity index (χ4v) is 10.8. The zero-order chi connectivity index (χ0) is 38.6. The molecule has 3 nitrogen and oxygen atoms in total. The summed E-state index contributed by atoms with van der Waals surface area (Å²) < 4.78 is 7.45. The van der Waals surface area contributed by atoms with E-state index in [0.717, 1.165) is 28.1 Å². The molecule has 0 aliphatic rings. The zero-order valence-electron chi connectivity index (χ0n) is 31.8. The SMILES string of the molecule is c1ccc(-c2nc3ccccc3c3c2ccc2sc4ccc(-c5cc(-n6c7ccccc7c7ccccc76)cc(-n6c7ccccc7c7ccccc76)c5)cc4c23)cc1. The first-order valence-corrected chi connectivity index (χ1v) is 20.9. The Morgan fingerprint density at radius 2 is 0.831 bits per heavy atom. The van der Waals surface area contributed by atoms with Crippen molar-refractivity contribution in [3.8, 4) is 33.8 Å². The molecule has 4 aromatic heterocycles. The van der Waals surface area contributed by atoms with Gasteiger partial charge in [-0.15, -0.1) is 11.3 Å². The van der Waals surface area contributed by atoms with E-state index in [9.17, 15) is 0 Å². The first-order valence-electron chi connectivity index (χ1n) is 20.1. The molecule has 13 aromatic rings. The third-order valence-electron chi connectivity index (χ3n) is 12.3. The number of pyridine rings is 1. The van der Waals surface area contributed by atoms with Crippen molar-refractivity contribution in [1.29, 1.82) is 0 Å². The topological polar surface area (TPSA) is 22.8 Å². The lowest BCUT2D eigenvalue weighted by Gasteiger charge is -2.16. The zero-order valence-corrected chi connectivity index (χ0v) is 32.6. The smallest absolute Gasteiger partial charge is 0.0788 e. The van der Waals surface area contributed by atoms with E-state index in [1.807, 2.05) is 11.3 Å². The summed E-state index contributed by atoms with van der Waals surface area (Å²) in [7, 11) is 0. The van der Waals surface area contributed by atoms with Crippen molar-refractivity contribution in [2.24, 2.45) is 0 Å². The van der Waals surface area contributed by atoms with Crippen LogP contribution in [0.3, 0.4) is 0 Å². The average Bonchev–Trinajstić information content (AvgIpc) is 3.96. The van der Waals surface area contributed by atoms with Gasteiger partial charge in [0, 0.05) is 74.8 Å². The highest BCUT2D eigenvalue weighted by molar-refractivity contribution is 7.26. The van der Waals surface area contributed by atoms with E-state index >= 15 is 0 Å². The van der Waals surface area contributed by atoms with Gasteiger partial charge >= 0.3 is 0 Å². The number of nitrogens with zero attached hydrogens (tertiary/aromatic N) is 3. The first-order chi connectivity index (χ1) is 29.3. The summed E-state index contributed by atoms with van der Waals surface area (Å²) in [4.78, 5) is 5.26. The molecule has 0 aliphatic heterocycles. The summed E-state index contributed by atoms with van der Waals surface area (Å²) in [5.41, 5.74) is 12.5. The number of fused-ring (bicyclic) bond motifs is 13. The molecule has 274 valence electrons. The monoisotopic (exact) mass is 767 g/mol. The van der Waals surface area contributed by atoms with Gasteiger partial charge in [-0.2, -0.15) is 0 Å². The second-order valence-corrected chi connectivity index (χ2v) is 16.6. The summed E-state index contributed by atoms with van der Waals surface area (Å²) in [5, 5.41) is 11.2. The van der Waals surface area contributed by atoms with Gasteiger partial charge in [-0.1, -0.05) is 133 Å². The van der Waals surface area contributed by atoms with Crippen LogP contribution in [0.15, 0.2) is 200 Å². The van der Waals surface area contributed by atoms with Crippen LogP contribution in [0.2, 0.25) is 0 Å². The molecule has 0 saturated heterocycles. The predicted molar refractivity (Wildman–Crippen MR) is 252 cm³/mol. The Balaban J connectivity index is 1.13. The predicted octanol–water partition coefficient (Wildman–Crippen LogP) is 15.3. The first kappa shape index (κ1) is 32.5. The normalized spacial score (nSPS) is 12.1. The molecule has 0 bridgehead atoms. The van der Waals surface area contributed by atoms with E-state index in [1.165, 1.54) is 91.1 Å². The Kier molecular flexibility index (Phi) is 6.89. The third-order valence-corrected chi connectivity index (χ3v) is 13.4. The molecule has 4 heterocycles. The van der Waals surface area contributed by atoms with Gasteiger partial charge in [0.1, 0.15) is 0 Å². The number of hydrogen-bond donors (Lipinski definition) is 0. The summed E-state index contributed by atoms with van der Waals surface area (Å²) in [6.45, 7) is 0. The lowest BCUT2D eigenvalue weighted by Crippen LogP contribution is -2.00. The molecule has 0 spiro atoms. The van der Waals surface area contributed by atoms with Crippen LogP contribution in [0.25, 0.3) is 119 Å². The second-order valence-electron chi connectivity index (χ2n) is 15.5. The minimum absolute atomic E-state index is 1.01. The molecule has 0 fully saturated rings. The van der Waals surface area contributed by atoms with Crippen LogP contribution in [0, 0.1) is 0 Å². The lowest BCUT2D eigenvalue weighted by atomic mass is 9.95. The Hall–Kier alpha value is -7.53. The highest BCUT2D eigenvalue weighted by atomic mass is 32.1. The molecule has 59 heavy (non-hydrogen) atoms. The molecule has 4 heteroatoms. The van der Waals surface area contributed by atoms with Crippen LogP contribution in [0.4, 0.5) is 0 Å². The Bertz CT molecular complexity index is 3610. The van der Waals surface area contributed by atoms with E-state index in [2.05, 4.69) is 209 Å². The number of para-hydroxylation sites is 5. The van der Waals surface area contributed by atoms with E-state index in [0.29, 0.717) is 0 Å². The van der Waals surface area contributed by atoms with Crippen molar-refractivity contribution < 1.29 is 0 Å². The van der Waals surface area contributed by atoms with Crippen molar-refractivity contribution in [2.75, 3.05) is 0 Å². The Morgan fingerprint density at radius 1 is 0.322 bits per heavy atom. The second kappa shape index (κ2) is 12.5. The Morgan fingerprint density at radius 3 is 1.42 bits per heavy atom. The fourth-order valence-electron chi connectivity index (χ4n) is 9.73. The van der Waals surface area contributed by atoms with Crippen LogP contribution < -0.4 is 0 Å². The fraction of sp³-hybridized carbons (Fsp3) is 0. The van der Waals surface area contributed by atoms with Gasteiger partial charge < -0.3 is 9.13 Å². The van der Waals surface area contributed by atoms with Crippen LogP contribution in [0.5, 0.6) is 0 Å². The van der Waals surface area contributed by atoms with Gasteiger partial charge in [-0.05, 0) is 77.9 Å². The maximum absolute atomic E-state index is 5.26. The highest BCUT2D eigenvalue weighted by Crippen LogP contribution is 2.45. The maximum Gasteiger partial charge on any atom is 0.0788 e. The molecule has 0 radical (unpaired) electrons. The molecule has 0 aliphatic carbocycles. The van der Waals surface area contributed by atoms with Crippen LogP contribution in [-0.2, 0) is 0 Å².